The van der Waals surface area contributed by atoms with E-state index in [1.54, 1.807) is 4.68 Å². The van der Waals surface area contributed by atoms with E-state index in [4.69, 9.17) is 0 Å². The summed E-state index contributed by atoms with van der Waals surface area (Å²) in [5, 5.41) is 7.20. The minimum atomic E-state index is 0.131. The molecule has 4 aliphatic carbocycles. The van der Waals surface area contributed by atoms with Gasteiger partial charge in [-0.15, -0.1) is 0 Å². The average Bonchev–Trinajstić information content (AvgIpc) is 2.69. The lowest BCUT2D eigenvalue weighted by Gasteiger charge is -2.60. The Morgan fingerprint density at radius 2 is 2.14 bits per heavy atom. The van der Waals surface area contributed by atoms with Crippen molar-refractivity contribution in [1.82, 2.24) is 9.78 Å². The third kappa shape index (κ3) is 2.54. The number of hydrogen-bond acceptors (Lipinski definition) is 2. The largest absolute Gasteiger partial charge is 0.309 e. The molecule has 2 unspecified atom stereocenters. The van der Waals surface area contributed by atoms with E-state index < -0.39 is 0 Å². The lowest BCUT2D eigenvalue weighted by Crippen LogP contribution is -2.53. The van der Waals surface area contributed by atoms with Crippen molar-refractivity contribution in [2.24, 2.45) is 24.3 Å². The predicted molar refractivity (Wildman–Crippen MR) is 85.2 cm³/mol. The summed E-state index contributed by atoms with van der Waals surface area (Å²) in [6.07, 6.45) is 10.2. The van der Waals surface area contributed by atoms with Crippen molar-refractivity contribution in [3.8, 4) is 0 Å². The van der Waals surface area contributed by atoms with Crippen LogP contribution in [0.3, 0.4) is 0 Å². The second-order valence-corrected chi connectivity index (χ2v) is 9.39. The van der Waals surface area contributed by atoms with Gasteiger partial charge in [0, 0.05) is 30.1 Å². The molecular formula is C16H22BrN3O. The van der Waals surface area contributed by atoms with Crippen molar-refractivity contribution >= 4 is 27.7 Å². The molecule has 1 N–H and O–H groups in total. The summed E-state index contributed by atoms with van der Waals surface area (Å²) in [4.78, 5) is 12.4. The van der Waals surface area contributed by atoms with Gasteiger partial charge in [-0.25, -0.2) is 0 Å². The number of aromatic nitrogens is 2. The quantitative estimate of drug-likeness (QED) is 0.847. The summed E-state index contributed by atoms with van der Waals surface area (Å²) in [5.41, 5.74) is 0.229. The van der Waals surface area contributed by atoms with Crippen molar-refractivity contribution in [3.63, 3.8) is 0 Å². The van der Waals surface area contributed by atoms with Crippen molar-refractivity contribution < 1.29 is 4.79 Å². The molecule has 0 spiro atoms. The van der Waals surface area contributed by atoms with Crippen LogP contribution < -0.4 is 5.32 Å². The average molecular weight is 352 g/mol. The van der Waals surface area contributed by atoms with Crippen LogP contribution in [0.2, 0.25) is 0 Å². The maximum absolute atomic E-state index is 12.4. The minimum absolute atomic E-state index is 0.131. The van der Waals surface area contributed by atoms with Crippen LogP contribution in [-0.2, 0) is 11.8 Å². The molecule has 4 bridgehead atoms. The Balaban J connectivity index is 1.47. The van der Waals surface area contributed by atoms with E-state index in [-0.39, 0.29) is 11.3 Å². The van der Waals surface area contributed by atoms with E-state index in [9.17, 15) is 4.79 Å². The number of halogens is 1. The van der Waals surface area contributed by atoms with Crippen LogP contribution in [0.1, 0.15) is 44.9 Å². The highest BCUT2D eigenvalue weighted by molar-refractivity contribution is 9.10. The van der Waals surface area contributed by atoms with Gasteiger partial charge in [-0.3, -0.25) is 9.48 Å². The van der Waals surface area contributed by atoms with Gasteiger partial charge in [-0.2, -0.15) is 5.10 Å². The zero-order valence-corrected chi connectivity index (χ0v) is 14.0. The minimum Gasteiger partial charge on any atom is -0.309 e. The maximum atomic E-state index is 12.4. The van der Waals surface area contributed by atoms with Crippen molar-refractivity contribution in [2.75, 3.05) is 5.32 Å². The van der Waals surface area contributed by atoms with Gasteiger partial charge in [0.15, 0.2) is 5.82 Å². The second-order valence-electron chi connectivity index (χ2n) is 7.71. The van der Waals surface area contributed by atoms with Crippen LogP contribution in [0.15, 0.2) is 12.3 Å². The highest BCUT2D eigenvalue weighted by atomic mass is 79.9. The van der Waals surface area contributed by atoms with E-state index >= 15 is 0 Å². The Kier molecular flexibility index (Phi) is 3.01. The molecule has 2 atom stereocenters. The zero-order valence-electron chi connectivity index (χ0n) is 12.4. The highest BCUT2D eigenvalue weighted by Crippen LogP contribution is 2.65. The SMILES string of the molecule is Cn1ccc(NC(=O)CC23CC4CC(CC(Br)(C4)C2)C3)n1. The molecule has 0 aromatic carbocycles. The molecule has 21 heavy (non-hydrogen) atoms. The van der Waals surface area contributed by atoms with Crippen molar-refractivity contribution in [2.45, 2.75) is 49.3 Å². The number of hydrogen-bond donors (Lipinski definition) is 1. The third-order valence-corrected chi connectivity index (χ3v) is 6.56. The van der Waals surface area contributed by atoms with E-state index in [0.29, 0.717) is 16.6 Å². The fraction of sp³-hybridized carbons (Fsp3) is 0.750. The van der Waals surface area contributed by atoms with Crippen LogP contribution >= 0.6 is 15.9 Å². The fourth-order valence-electron chi connectivity index (χ4n) is 5.55. The first kappa shape index (κ1) is 13.8. The first-order chi connectivity index (χ1) is 9.94. The van der Waals surface area contributed by atoms with Crippen LogP contribution in [0.4, 0.5) is 5.82 Å². The van der Waals surface area contributed by atoms with Gasteiger partial charge in [0.2, 0.25) is 5.91 Å². The van der Waals surface area contributed by atoms with Gasteiger partial charge in [-0.05, 0) is 55.8 Å². The second kappa shape index (κ2) is 4.58. The molecule has 1 aromatic heterocycles. The molecule has 0 radical (unpaired) electrons. The molecule has 0 aliphatic heterocycles. The molecule has 0 saturated heterocycles. The number of anilines is 1. The molecule has 1 aromatic rings. The number of rotatable bonds is 3. The van der Waals surface area contributed by atoms with Crippen molar-refractivity contribution in [3.05, 3.63) is 12.3 Å². The summed E-state index contributed by atoms with van der Waals surface area (Å²) < 4.78 is 2.04. The van der Waals surface area contributed by atoms with Gasteiger partial charge < -0.3 is 5.32 Å². The van der Waals surface area contributed by atoms with Crippen LogP contribution in [-0.4, -0.2) is 20.0 Å². The number of nitrogens with zero attached hydrogens (tertiary/aromatic N) is 2. The molecule has 5 rings (SSSR count). The van der Waals surface area contributed by atoms with E-state index in [0.717, 1.165) is 11.8 Å². The predicted octanol–water partition coefficient (Wildman–Crippen LogP) is 3.48. The number of carbonyl (C=O) groups excluding carboxylic acids is 1. The van der Waals surface area contributed by atoms with E-state index in [1.807, 2.05) is 19.3 Å². The standard InChI is InChI=1S/C16H22BrN3O/c1-20-3-2-13(19-20)18-14(21)9-15-5-11-4-12(6-15)8-16(17,7-11)10-15/h2-3,11-12H,4-10H2,1H3,(H,18,19,21). The Hall–Kier alpha value is -0.840. The summed E-state index contributed by atoms with van der Waals surface area (Å²) in [5.74, 6) is 2.45. The summed E-state index contributed by atoms with van der Waals surface area (Å²) in [6, 6.07) is 1.85. The van der Waals surface area contributed by atoms with Crippen molar-refractivity contribution in [1.29, 1.82) is 0 Å². The number of nitrogens with one attached hydrogen (secondary N) is 1. The molecule has 114 valence electrons. The molecule has 4 aliphatic rings. The molecule has 4 fully saturated rings. The summed E-state index contributed by atoms with van der Waals surface area (Å²) in [6.45, 7) is 0. The Morgan fingerprint density at radius 3 is 2.71 bits per heavy atom. The van der Waals surface area contributed by atoms with Gasteiger partial charge in [0.1, 0.15) is 0 Å². The zero-order chi connectivity index (χ0) is 14.7. The topological polar surface area (TPSA) is 46.9 Å². The van der Waals surface area contributed by atoms with Gasteiger partial charge in [-0.1, -0.05) is 15.9 Å². The highest BCUT2D eigenvalue weighted by Gasteiger charge is 2.57. The Labute approximate surface area is 133 Å². The summed E-state index contributed by atoms with van der Waals surface area (Å²) in [7, 11) is 1.86. The third-order valence-electron chi connectivity index (χ3n) is 5.63. The fourth-order valence-corrected chi connectivity index (χ4v) is 7.06. The maximum Gasteiger partial charge on any atom is 0.226 e. The molecular weight excluding hydrogens is 330 g/mol. The Morgan fingerprint density at radius 1 is 1.43 bits per heavy atom. The molecule has 4 saturated carbocycles. The number of carbonyl (C=O) groups is 1. The molecule has 1 heterocycles. The van der Waals surface area contributed by atoms with Crippen LogP contribution in [0.25, 0.3) is 0 Å². The lowest BCUT2D eigenvalue weighted by molar-refractivity contribution is -0.123. The molecule has 4 nitrogen and oxygen atoms in total. The summed E-state index contributed by atoms with van der Waals surface area (Å²) >= 11 is 4.01. The van der Waals surface area contributed by atoms with Crippen LogP contribution in [0.5, 0.6) is 0 Å². The van der Waals surface area contributed by atoms with Gasteiger partial charge in [0.25, 0.3) is 0 Å². The number of aryl methyl sites for hydroxylation is 1. The van der Waals surface area contributed by atoms with E-state index in [2.05, 4.69) is 26.3 Å². The first-order valence-electron chi connectivity index (χ1n) is 7.92. The monoisotopic (exact) mass is 351 g/mol. The smallest absolute Gasteiger partial charge is 0.226 e. The Bertz CT molecular complexity index is 568. The number of alkyl halides is 1. The normalized spacial score (nSPS) is 40.5. The van der Waals surface area contributed by atoms with Gasteiger partial charge >= 0.3 is 0 Å². The molecule has 1 amide bonds. The van der Waals surface area contributed by atoms with Gasteiger partial charge in [0.05, 0.1) is 0 Å². The molecule has 5 heteroatoms. The number of amides is 1. The van der Waals surface area contributed by atoms with E-state index in [1.165, 1.54) is 38.5 Å². The lowest BCUT2D eigenvalue weighted by atomic mass is 9.48. The first-order valence-corrected chi connectivity index (χ1v) is 8.72. The van der Waals surface area contributed by atoms with Crippen LogP contribution in [0, 0.1) is 17.3 Å².